The Morgan fingerprint density at radius 3 is 2.29 bits per heavy atom. The smallest absolute Gasteiger partial charge is 0.305 e. The highest BCUT2D eigenvalue weighted by Gasteiger charge is 2.21. The Hall–Kier alpha value is -2.98. The van der Waals surface area contributed by atoms with E-state index in [0.29, 0.717) is 44.0 Å². The first kappa shape index (κ1) is 30.1. The number of hydrogen-bond acceptors (Lipinski definition) is 7. The van der Waals surface area contributed by atoms with Gasteiger partial charge in [0.2, 0.25) is 17.7 Å². The van der Waals surface area contributed by atoms with Crippen molar-refractivity contribution >= 4 is 29.4 Å². The summed E-state index contributed by atoms with van der Waals surface area (Å²) >= 11 is 0. The quantitative estimate of drug-likeness (QED) is 0.192. The van der Waals surface area contributed by atoms with E-state index in [0.717, 1.165) is 18.4 Å². The molecule has 35 heavy (non-hydrogen) atoms. The molecule has 0 bridgehead atoms. The molecule has 0 aliphatic heterocycles. The number of carbonyl (C=O) groups is 4. The summed E-state index contributed by atoms with van der Waals surface area (Å²) in [5.41, 5.74) is 6.89. The second kappa shape index (κ2) is 17.5. The maximum Gasteiger partial charge on any atom is 0.305 e. The van der Waals surface area contributed by atoms with Crippen LogP contribution in [0.25, 0.3) is 0 Å². The van der Waals surface area contributed by atoms with E-state index in [1.54, 1.807) is 31.2 Å². The van der Waals surface area contributed by atoms with Gasteiger partial charge in [0, 0.05) is 18.7 Å². The molecule has 10 nitrogen and oxygen atoms in total. The topological polar surface area (TPSA) is 149 Å². The van der Waals surface area contributed by atoms with E-state index in [1.165, 1.54) is 0 Å². The van der Waals surface area contributed by atoms with Crippen LogP contribution in [0, 0.1) is 5.92 Å². The zero-order valence-corrected chi connectivity index (χ0v) is 21.1. The van der Waals surface area contributed by atoms with Gasteiger partial charge in [-0.1, -0.05) is 32.9 Å². The fourth-order valence-electron chi connectivity index (χ4n) is 2.96. The Kier molecular flexibility index (Phi) is 15.0. The number of ether oxygens (including phenoxy) is 2. The molecule has 0 aromatic heterocycles. The molecule has 3 amide bonds. The molecule has 5 N–H and O–H groups in total. The minimum Gasteiger partial charge on any atom is -0.461 e. The Morgan fingerprint density at radius 2 is 1.66 bits per heavy atom. The van der Waals surface area contributed by atoms with Gasteiger partial charge < -0.3 is 31.2 Å². The molecule has 1 atom stereocenters. The fraction of sp³-hybridized carbons (Fsp3) is 0.600. The molecule has 0 radical (unpaired) electrons. The molecule has 0 heterocycles. The minimum absolute atomic E-state index is 0.161. The van der Waals surface area contributed by atoms with E-state index in [2.05, 4.69) is 29.8 Å². The number of esters is 1. The monoisotopic (exact) mass is 492 g/mol. The number of rotatable bonds is 17. The van der Waals surface area contributed by atoms with E-state index in [-0.39, 0.29) is 37.6 Å². The maximum absolute atomic E-state index is 12.8. The molecular formula is C25H40N4O6. The summed E-state index contributed by atoms with van der Waals surface area (Å²) in [5.74, 6) is -0.946. The number of hydrogen-bond donors (Lipinski definition) is 4. The number of nitrogens with one attached hydrogen (secondary N) is 3. The first-order valence-corrected chi connectivity index (χ1v) is 12.1. The largest absolute Gasteiger partial charge is 0.461 e. The first-order chi connectivity index (χ1) is 16.7. The van der Waals surface area contributed by atoms with Gasteiger partial charge in [0.15, 0.2) is 0 Å². The molecule has 0 aliphatic rings. The summed E-state index contributed by atoms with van der Waals surface area (Å²) < 4.78 is 10.3. The van der Waals surface area contributed by atoms with Crippen LogP contribution < -0.4 is 21.7 Å². The molecule has 0 saturated heterocycles. The zero-order chi connectivity index (χ0) is 26.1. The average Bonchev–Trinajstić information content (AvgIpc) is 2.82. The number of carbonyl (C=O) groups excluding carboxylic acids is 4. The van der Waals surface area contributed by atoms with Crippen molar-refractivity contribution in [3.8, 4) is 0 Å². The zero-order valence-electron chi connectivity index (χ0n) is 21.1. The number of benzene rings is 1. The lowest BCUT2D eigenvalue weighted by molar-refractivity contribution is -0.144. The molecule has 0 unspecified atom stereocenters. The van der Waals surface area contributed by atoms with Crippen LogP contribution in [0.2, 0.25) is 0 Å². The van der Waals surface area contributed by atoms with Crippen LogP contribution in [0.1, 0.15) is 58.4 Å². The predicted molar refractivity (Wildman–Crippen MR) is 133 cm³/mol. The van der Waals surface area contributed by atoms with Gasteiger partial charge in [-0.05, 0) is 55.8 Å². The summed E-state index contributed by atoms with van der Waals surface area (Å²) in [4.78, 5) is 48.2. The van der Waals surface area contributed by atoms with E-state index >= 15 is 0 Å². The minimum atomic E-state index is -0.775. The normalized spacial score (nSPS) is 11.6. The van der Waals surface area contributed by atoms with Crippen LogP contribution in [-0.4, -0.2) is 56.0 Å². The Balaban J connectivity index is 2.54. The molecule has 1 aromatic carbocycles. The van der Waals surface area contributed by atoms with Crippen molar-refractivity contribution in [2.45, 2.75) is 65.5 Å². The highest BCUT2D eigenvalue weighted by molar-refractivity contribution is 5.97. The van der Waals surface area contributed by atoms with Crippen molar-refractivity contribution in [2.24, 2.45) is 11.7 Å². The average molecular weight is 493 g/mol. The molecule has 196 valence electrons. The molecule has 10 heteroatoms. The van der Waals surface area contributed by atoms with Gasteiger partial charge in [-0.3, -0.25) is 19.2 Å². The third-order valence-electron chi connectivity index (χ3n) is 5.02. The van der Waals surface area contributed by atoms with Gasteiger partial charge in [0.25, 0.3) is 0 Å². The van der Waals surface area contributed by atoms with Crippen molar-refractivity contribution in [3.05, 3.63) is 29.8 Å². The van der Waals surface area contributed by atoms with E-state index in [9.17, 15) is 19.2 Å². The predicted octanol–water partition coefficient (Wildman–Crippen LogP) is 1.87. The molecule has 0 aliphatic carbocycles. The van der Waals surface area contributed by atoms with Crippen molar-refractivity contribution in [1.29, 1.82) is 0 Å². The van der Waals surface area contributed by atoms with Crippen molar-refractivity contribution in [2.75, 3.05) is 31.6 Å². The van der Waals surface area contributed by atoms with E-state index in [4.69, 9.17) is 15.2 Å². The van der Waals surface area contributed by atoms with Crippen LogP contribution in [0.3, 0.4) is 0 Å². The Labute approximate surface area is 207 Å². The van der Waals surface area contributed by atoms with Crippen LogP contribution in [0.5, 0.6) is 0 Å². The maximum atomic E-state index is 12.8. The van der Waals surface area contributed by atoms with Gasteiger partial charge >= 0.3 is 5.97 Å². The lowest BCUT2D eigenvalue weighted by Crippen LogP contribution is -2.45. The summed E-state index contributed by atoms with van der Waals surface area (Å²) in [6.45, 7) is 6.50. The van der Waals surface area contributed by atoms with E-state index in [1.807, 2.05) is 0 Å². The SMILES string of the molecule is CCC(=O)OCc1ccc(NC(=O)[C@H](CCCCN)NC(=O)COCC(=O)NCCC(C)C)cc1. The Morgan fingerprint density at radius 1 is 0.971 bits per heavy atom. The number of unbranched alkanes of at least 4 members (excludes halogenated alkanes) is 1. The third-order valence-corrected chi connectivity index (χ3v) is 5.02. The second-order valence-corrected chi connectivity index (χ2v) is 8.63. The summed E-state index contributed by atoms with van der Waals surface area (Å²) in [6, 6.07) is 6.13. The molecule has 0 saturated carbocycles. The molecule has 0 spiro atoms. The first-order valence-electron chi connectivity index (χ1n) is 12.1. The van der Waals surface area contributed by atoms with Gasteiger partial charge in [-0.15, -0.1) is 0 Å². The number of amides is 3. The van der Waals surface area contributed by atoms with Crippen LogP contribution in [-0.2, 0) is 35.3 Å². The summed E-state index contributed by atoms with van der Waals surface area (Å²) in [5, 5.41) is 8.19. The van der Waals surface area contributed by atoms with Gasteiger partial charge in [0.1, 0.15) is 25.9 Å². The highest BCUT2D eigenvalue weighted by Crippen LogP contribution is 2.12. The van der Waals surface area contributed by atoms with Crippen LogP contribution in [0.4, 0.5) is 5.69 Å². The fourth-order valence-corrected chi connectivity index (χ4v) is 2.96. The van der Waals surface area contributed by atoms with Gasteiger partial charge in [0.05, 0.1) is 0 Å². The lowest BCUT2D eigenvalue weighted by atomic mass is 10.1. The number of nitrogens with two attached hydrogens (primary N) is 1. The Bertz CT molecular complexity index is 798. The third kappa shape index (κ3) is 14.1. The van der Waals surface area contributed by atoms with Crippen molar-refractivity contribution < 1.29 is 28.7 Å². The van der Waals surface area contributed by atoms with E-state index < -0.39 is 11.9 Å². The molecule has 0 fully saturated rings. The van der Waals surface area contributed by atoms with Crippen LogP contribution in [0.15, 0.2) is 24.3 Å². The lowest BCUT2D eigenvalue weighted by Gasteiger charge is -2.19. The van der Waals surface area contributed by atoms with Gasteiger partial charge in [-0.2, -0.15) is 0 Å². The molecule has 1 aromatic rings. The van der Waals surface area contributed by atoms with Crippen molar-refractivity contribution in [1.82, 2.24) is 10.6 Å². The van der Waals surface area contributed by atoms with Gasteiger partial charge in [-0.25, -0.2) is 0 Å². The summed E-state index contributed by atoms with van der Waals surface area (Å²) in [7, 11) is 0. The highest BCUT2D eigenvalue weighted by atomic mass is 16.5. The van der Waals surface area contributed by atoms with Crippen molar-refractivity contribution in [3.63, 3.8) is 0 Å². The molecule has 1 rings (SSSR count). The summed E-state index contributed by atoms with van der Waals surface area (Å²) in [6.07, 6.45) is 2.96. The second-order valence-electron chi connectivity index (χ2n) is 8.63. The number of anilines is 1. The molecular weight excluding hydrogens is 452 g/mol. The van der Waals surface area contributed by atoms with Crippen LogP contribution >= 0.6 is 0 Å². The standard InChI is InChI=1S/C25H40N4O6/c1-4-24(32)35-15-19-8-10-20(11-9-19)28-25(33)21(7-5-6-13-26)29-23(31)17-34-16-22(30)27-14-12-18(2)3/h8-11,18,21H,4-7,12-17,26H2,1-3H3,(H,27,30)(H,28,33)(H,29,31)/t21-/m0/s1.